The van der Waals surface area contributed by atoms with Gasteiger partial charge in [-0.2, -0.15) is 0 Å². The number of hydrogen-bond acceptors (Lipinski definition) is 12. The third-order valence-corrected chi connectivity index (χ3v) is 5.41. The Hall–Kier alpha value is -4.04. The molecule has 5 unspecified atom stereocenters. The predicted molar refractivity (Wildman–Crippen MR) is 114 cm³/mol. The van der Waals surface area contributed by atoms with E-state index < -0.39 is 64.7 Å². The Kier molecular flexibility index (Phi) is 6.17. The predicted octanol–water partition coefficient (Wildman–Crippen LogP) is -0.144. The molecule has 0 radical (unpaired) electrons. The zero-order chi connectivity index (χ0) is 25.6. The quantitative estimate of drug-likeness (QED) is 0.247. The van der Waals surface area contributed by atoms with Crippen LogP contribution in [0.1, 0.15) is 0 Å². The van der Waals surface area contributed by atoms with Crippen LogP contribution in [-0.2, 0) is 9.53 Å². The zero-order valence-corrected chi connectivity index (χ0v) is 17.9. The molecule has 0 amide bonds. The molecule has 0 aliphatic carbocycles. The number of phenols is 3. The van der Waals surface area contributed by atoms with Crippen LogP contribution in [0.5, 0.6) is 28.7 Å². The van der Waals surface area contributed by atoms with Crippen LogP contribution in [0.4, 0.5) is 0 Å². The van der Waals surface area contributed by atoms with E-state index in [9.17, 15) is 45.3 Å². The van der Waals surface area contributed by atoms with Crippen molar-refractivity contribution >= 4 is 16.9 Å². The minimum atomic E-state index is -2.01. The third kappa shape index (κ3) is 4.17. The van der Waals surface area contributed by atoms with Crippen LogP contribution in [0.15, 0.2) is 39.5 Å². The average molecular weight is 492 g/mol. The van der Waals surface area contributed by atoms with Gasteiger partial charge in [0.25, 0.3) is 0 Å². The van der Waals surface area contributed by atoms with Crippen LogP contribution < -0.4 is 14.9 Å². The third-order valence-electron chi connectivity index (χ3n) is 5.41. The number of fused-ring (bicyclic) bond motifs is 1. The lowest BCUT2D eigenvalue weighted by Gasteiger charge is -2.38. The Morgan fingerprint density at radius 3 is 2.31 bits per heavy atom. The van der Waals surface area contributed by atoms with E-state index in [1.807, 2.05) is 0 Å². The molecule has 13 heteroatoms. The van der Waals surface area contributed by atoms with Crippen molar-refractivity contribution in [3.63, 3.8) is 0 Å². The molecule has 3 aromatic rings. The molecular weight excluding hydrogens is 472 g/mol. The molecule has 4 rings (SSSR count). The summed E-state index contributed by atoms with van der Waals surface area (Å²) in [6, 6.07) is 5.77. The Morgan fingerprint density at radius 2 is 1.69 bits per heavy atom. The van der Waals surface area contributed by atoms with Gasteiger partial charge in [-0.1, -0.05) is 0 Å². The van der Waals surface area contributed by atoms with Crippen LogP contribution in [0, 0.1) is 0 Å². The van der Waals surface area contributed by atoms with Crippen LogP contribution in [-0.4, -0.2) is 79.5 Å². The molecular formula is C22H20O13. The number of benzene rings is 2. The number of carboxylic acid groups (broad SMARTS) is 1. The molecule has 1 aromatic heterocycles. The number of aliphatic carboxylic acids is 1. The van der Waals surface area contributed by atoms with Gasteiger partial charge >= 0.3 is 5.97 Å². The summed E-state index contributed by atoms with van der Waals surface area (Å²) in [5.41, 5.74) is -1.24. The molecule has 186 valence electrons. The number of aliphatic hydroxyl groups is 3. The number of carboxylic acids is 1. The maximum absolute atomic E-state index is 13.3. The maximum Gasteiger partial charge on any atom is 0.335 e. The van der Waals surface area contributed by atoms with E-state index in [4.69, 9.17) is 18.6 Å². The van der Waals surface area contributed by atoms with E-state index in [1.54, 1.807) is 0 Å². The van der Waals surface area contributed by atoms with Gasteiger partial charge in [0.1, 0.15) is 40.8 Å². The summed E-state index contributed by atoms with van der Waals surface area (Å²) in [5, 5.41) is 69.3. The molecule has 35 heavy (non-hydrogen) atoms. The van der Waals surface area contributed by atoms with E-state index in [1.165, 1.54) is 19.2 Å². The van der Waals surface area contributed by atoms with Crippen molar-refractivity contribution in [1.82, 2.24) is 0 Å². The number of phenolic OH excluding ortho intramolecular Hbond substituents is 3. The second kappa shape index (κ2) is 8.96. The number of rotatable bonds is 5. The molecule has 1 saturated heterocycles. The first kappa shape index (κ1) is 24.1. The fourth-order valence-corrected chi connectivity index (χ4v) is 3.66. The highest BCUT2D eigenvalue weighted by molar-refractivity contribution is 5.88. The summed E-state index contributed by atoms with van der Waals surface area (Å²) in [7, 11) is 1.31. The van der Waals surface area contributed by atoms with Gasteiger partial charge in [-0.05, 0) is 18.2 Å². The summed E-state index contributed by atoms with van der Waals surface area (Å²) in [6.07, 6.45) is -9.99. The first-order chi connectivity index (χ1) is 16.5. The van der Waals surface area contributed by atoms with Crippen molar-refractivity contribution in [1.29, 1.82) is 0 Å². The molecule has 1 aliphatic rings. The molecule has 0 spiro atoms. The van der Waals surface area contributed by atoms with E-state index >= 15 is 0 Å². The fourth-order valence-electron chi connectivity index (χ4n) is 3.66. The first-order valence-electron chi connectivity index (χ1n) is 10.0. The number of aliphatic hydroxyl groups excluding tert-OH is 3. The summed E-state index contributed by atoms with van der Waals surface area (Å²) in [6.45, 7) is 0. The van der Waals surface area contributed by atoms with Crippen LogP contribution >= 0.6 is 0 Å². The lowest BCUT2D eigenvalue weighted by atomic mass is 9.99. The van der Waals surface area contributed by atoms with Gasteiger partial charge < -0.3 is 54.4 Å². The Labute approximate surface area is 195 Å². The van der Waals surface area contributed by atoms with Crippen molar-refractivity contribution in [3.8, 4) is 40.1 Å². The monoisotopic (exact) mass is 492 g/mol. The van der Waals surface area contributed by atoms with Gasteiger partial charge in [0, 0.05) is 17.7 Å². The van der Waals surface area contributed by atoms with Crippen LogP contribution in [0.2, 0.25) is 0 Å². The van der Waals surface area contributed by atoms with Gasteiger partial charge in [0.15, 0.2) is 23.4 Å². The average Bonchev–Trinajstić information content (AvgIpc) is 2.79. The number of carbonyl (C=O) groups is 1. The highest BCUT2D eigenvalue weighted by Crippen LogP contribution is 2.39. The number of aromatic hydroxyl groups is 3. The standard InChI is InChI=1S/C22H20O13/c1-32-11-3-2-7(4-9(11)24)18-19(14(26)13-10(25)5-8(23)6-12(13)33-18)34-22-17(29)15(27)16(28)20(35-22)21(30)31/h2-6,15-17,20,22-25,27-29H,1H3,(H,30,31). The summed E-state index contributed by atoms with van der Waals surface area (Å²) in [5.74, 6) is -4.10. The Balaban J connectivity index is 1.91. The number of hydrogen-bond donors (Lipinski definition) is 7. The smallest absolute Gasteiger partial charge is 0.335 e. The second-order valence-corrected chi connectivity index (χ2v) is 7.67. The van der Waals surface area contributed by atoms with Crippen molar-refractivity contribution in [3.05, 3.63) is 40.6 Å². The minimum Gasteiger partial charge on any atom is -0.508 e. The molecule has 2 heterocycles. The molecule has 0 bridgehead atoms. The second-order valence-electron chi connectivity index (χ2n) is 7.67. The lowest BCUT2D eigenvalue weighted by Crippen LogP contribution is -2.61. The Morgan fingerprint density at radius 1 is 0.971 bits per heavy atom. The molecule has 7 N–H and O–H groups in total. The molecule has 13 nitrogen and oxygen atoms in total. The van der Waals surface area contributed by atoms with Crippen molar-refractivity contribution < 1.29 is 59.2 Å². The molecule has 0 saturated carbocycles. The summed E-state index contributed by atoms with van der Waals surface area (Å²) < 4.78 is 21.2. The van der Waals surface area contributed by atoms with Crippen LogP contribution in [0.25, 0.3) is 22.3 Å². The fraction of sp³-hybridized carbons (Fsp3) is 0.273. The highest BCUT2D eigenvalue weighted by atomic mass is 16.7. The normalized spacial score (nSPS) is 24.3. The minimum absolute atomic E-state index is 0.0424. The lowest BCUT2D eigenvalue weighted by molar-refractivity contribution is -0.271. The van der Waals surface area contributed by atoms with Gasteiger partial charge in [0.2, 0.25) is 17.5 Å². The topological polar surface area (TPSA) is 217 Å². The molecule has 2 aromatic carbocycles. The maximum atomic E-state index is 13.3. The zero-order valence-electron chi connectivity index (χ0n) is 17.9. The summed E-state index contributed by atoms with van der Waals surface area (Å²) >= 11 is 0. The van der Waals surface area contributed by atoms with E-state index in [0.717, 1.165) is 18.2 Å². The van der Waals surface area contributed by atoms with E-state index in [2.05, 4.69) is 0 Å². The SMILES string of the molecule is COc1ccc(-c2oc3cc(O)cc(O)c3c(=O)c2OC2OC(C(=O)O)C(O)C(O)C2O)cc1O. The van der Waals surface area contributed by atoms with Crippen molar-refractivity contribution in [2.75, 3.05) is 7.11 Å². The first-order valence-corrected chi connectivity index (χ1v) is 10.0. The van der Waals surface area contributed by atoms with Gasteiger partial charge in [-0.3, -0.25) is 4.79 Å². The summed E-state index contributed by atoms with van der Waals surface area (Å²) in [4.78, 5) is 24.7. The largest absolute Gasteiger partial charge is 0.508 e. The molecule has 5 atom stereocenters. The highest BCUT2D eigenvalue weighted by Gasteiger charge is 2.48. The van der Waals surface area contributed by atoms with Crippen molar-refractivity contribution in [2.45, 2.75) is 30.7 Å². The molecule has 1 fully saturated rings. The number of ether oxygens (including phenoxy) is 3. The van der Waals surface area contributed by atoms with E-state index in [-0.39, 0.29) is 28.4 Å². The van der Waals surface area contributed by atoms with Crippen LogP contribution in [0.3, 0.4) is 0 Å². The van der Waals surface area contributed by atoms with E-state index in [0.29, 0.717) is 0 Å². The van der Waals surface area contributed by atoms with Gasteiger partial charge in [-0.15, -0.1) is 0 Å². The van der Waals surface area contributed by atoms with Crippen molar-refractivity contribution in [2.24, 2.45) is 0 Å². The Bertz CT molecular complexity index is 1350. The van der Waals surface area contributed by atoms with Gasteiger partial charge in [-0.25, -0.2) is 4.79 Å². The molecule has 1 aliphatic heterocycles. The van der Waals surface area contributed by atoms with Gasteiger partial charge in [0.05, 0.1) is 7.11 Å². The number of methoxy groups -OCH3 is 1.